The summed E-state index contributed by atoms with van der Waals surface area (Å²) in [4.78, 5) is 37.4. The Balaban J connectivity index is 2.16. The lowest BCUT2D eigenvalue weighted by molar-refractivity contribution is -0.384. The molecule has 0 aliphatic carbocycles. The van der Waals surface area contributed by atoms with Gasteiger partial charge in [-0.2, -0.15) is 5.10 Å². The number of nitro groups is 1. The van der Waals surface area contributed by atoms with Crippen molar-refractivity contribution in [1.29, 1.82) is 0 Å². The molecule has 1 heterocycles. The molecule has 0 aliphatic rings. The van der Waals surface area contributed by atoms with Crippen molar-refractivity contribution in [2.75, 3.05) is 17.2 Å². The van der Waals surface area contributed by atoms with E-state index in [4.69, 9.17) is 5.10 Å². The second-order valence-electron chi connectivity index (χ2n) is 10.3. The Hall–Kier alpha value is -3.43. The molecular formula is C23H34N6O4. The van der Waals surface area contributed by atoms with E-state index < -0.39 is 11.0 Å². The molecule has 180 valence electrons. The highest BCUT2D eigenvalue weighted by Crippen LogP contribution is 2.28. The van der Waals surface area contributed by atoms with Crippen LogP contribution in [0.1, 0.15) is 61.1 Å². The van der Waals surface area contributed by atoms with Crippen molar-refractivity contribution in [3.8, 4) is 0 Å². The zero-order valence-electron chi connectivity index (χ0n) is 20.6. The van der Waals surface area contributed by atoms with Crippen molar-refractivity contribution in [3.63, 3.8) is 0 Å². The van der Waals surface area contributed by atoms with Gasteiger partial charge in [-0.25, -0.2) is 9.48 Å². The number of rotatable bonds is 6. The zero-order valence-corrected chi connectivity index (χ0v) is 20.6. The van der Waals surface area contributed by atoms with Gasteiger partial charge >= 0.3 is 6.03 Å². The van der Waals surface area contributed by atoms with Crippen molar-refractivity contribution < 1.29 is 14.5 Å². The van der Waals surface area contributed by atoms with E-state index in [0.29, 0.717) is 11.5 Å². The Morgan fingerprint density at radius 2 is 1.67 bits per heavy atom. The van der Waals surface area contributed by atoms with Crippen LogP contribution in [0.15, 0.2) is 30.3 Å². The maximum absolute atomic E-state index is 12.9. The number of urea groups is 1. The van der Waals surface area contributed by atoms with E-state index in [1.54, 1.807) is 18.5 Å². The monoisotopic (exact) mass is 458 g/mol. The molecule has 2 aromatic rings. The lowest BCUT2D eigenvalue weighted by atomic mass is 9.92. The van der Waals surface area contributed by atoms with Gasteiger partial charge < -0.3 is 15.5 Å². The Kier molecular flexibility index (Phi) is 7.51. The number of benzene rings is 1. The molecule has 0 unspecified atom stereocenters. The van der Waals surface area contributed by atoms with Crippen LogP contribution in [0.4, 0.5) is 22.0 Å². The summed E-state index contributed by atoms with van der Waals surface area (Å²) < 4.78 is 1.78. The number of nitro benzene ring substituents is 1. The molecule has 0 aliphatic heterocycles. The first-order valence-electron chi connectivity index (χ1n) is 10.8. The molecule has 0 radical (unpaired) electrons. The number of aromatic nitrogens is 2. The predicted octanol–water partition coefficient (Wildman–Crippen LogP) is 4.72. The molecule has 0 spiro atoms. The average Bonchev–Trinajstić information content (AvgIpc) is 3.11. The first kappa shape index (κ1) is 25.8. The molecule has 1 aromatic heterocycles. The molecule has 0 bridgehead atoms. The van der Waals surface area contributed by atoms with Crippen molar-refractivity contribution >= 4 is 29.1 Å². The van der Waals surface area contributed by atoms with Gasteiger partial charge in [0.25, 0.3) is 5.69 Å². The van der Waals surface area contributed by atoms with Gasteiger partial charge in [-0.15, -0.1) is 0 Å². The number of non-ortho nitro benzene ring substituents is 1. The van der Waals surface area contributed by atoms with Crippen LogP contribution < -0.4 is 10.6 Å². The lowest BCUT2D eigenvalue weighted by Crippen LogP contribution is -2.45. The van der Waals surface area contributed by atoms with E-state index in [1.165, 1.54) is 29.2 Å². The van der Waals surface area contributed by atoms with Gasteiger partial charge in [0.2, 0.25) is 5.91 Å². The van der Waals surface area contributed by atoms with Gasteiger partial charge in [0.05, 0.1) is 16.2 Å². The first-order valence-corrected chi connectivity index (χ1v) is 10.8. The van der Waals surface area contributed by atoms with E-state index in [9.17, 15) is 19.7 Å². The maximum Gasteiger partial charge on any atom is 0.322 e. The second-order valence-corrected chi connectivity index (χ2v) is 10.3. The number of hydrogen-bond acceptors (Lipinski definition) is 5. The number of nitrogens with zero attached hydrogens (tertiary/aromatic N) is 4. The Morgan fingerprint density at radius 1 is 1.09 bits per heavy atom. The summed E-state index contributed by atoms with van der Waals surface area (Å²) in [5.41, 5.74) is 0.640. The molecule has 33 heavy (non-hydrogen) atoms. The minimum absolute atomic E-state index is 0.0711. The Morgan fingerprint density at radius 3 is 2.12 bits per heavy atom. The summed E-state index contributed by atoms with van der Waals surface area (Å²) >= 11 is 0. The van der Waals surface area contributed by atoms with Gasteiger partial charge in [-0.3, -0.25) is 14.9 Å². The van der Waals surface area contributed by atoms with E-state index in [2.05, 4.69) is 31.4 Å². The van der Waals surface area contributed by atoms with Gasteiger partial charge in [0.1, 0.15) is 12.4 Å². The van der Waals surface area contributed by atoms with Crippen molar-refractivity contribution in [2.45, 2.75) is 72.4 Å². The van der Waals surface area contributed by atoms with Gasteiger partial charge in [-0.05, 0) is 46.8 Å². The summed E-state index contributed by atoms with van der Waals surface area (Å²) in [5, 5.41) is 21.1. The molecule has 2 rings (SSSR count). The summed E-state index contributed by atoms with van der Waals surface area (Å²) in [6.07, 6.45) is 0. The molecule has 3 amide bonds. The minimum Gasteiger partial charge on any atom is -0.313 e. The average molecular weight is 459 g/mol. The van der Waals surface area contributed by atoms with E-state index >= 15 is 0 Å². The zero-order chi connectivity index (χ0) is 25.1. The van der Waals surface area contributed by atoms with Gasteiger partial charge in [-0.1, -0.05) is 20.8 Å². The largest absolute Gasteiger partial charge is 0.322 e. The fraction of sp³-hybridized carbons (Fsp3) is 0.522. The van der Waals surface area contributed by atoms with Crippen LogP contribution in [-0.4, -0.2) is 44.1 Å². The molecule has 0 saturated heterocycles. The normalized spacial score (nSPS) is 11.9. The van der Waals surface area contributed by atoms with Crippen molar-refractivity contribution in [3.05, 3.63) is 46.1 Å². The number of carbonyl (C=O) groups excluding carboxylic acids is 2. The summed E-state index contributed by atoms with van der Waals surface area (Å²) in [6.45, 7) is 15.6. The van der Waals surface area contributed by atoms with Crippen molar-refractivity contribution in [1.82, 2.24) is 14.7 Å². The third-order valence-corrected chi connectivity index (χ3v) is 4.91. The quantitative estimate of drug-likeness (QED) is 0.479. The summed E-state index contributed by atoms with van der Waals surface area (Å²) in [6, 6.07) is 6.64. The maximum atomic E-state index is 12.9. The number of anilines is 2. The highest BCUT2D eigenvalue weighted by molar-refractivity contribution is 5.96. The predicted molar refractivity (Wildman–Crippen MR) is 129 cm³/mol. The molecule has 1 aromatic carbocycles. The third kappa shape index (κ3) is 6.77. The fourth-order valence-corrected chi connectivity index (χ4v) is 3.04. The highest BCUT2D eigenvalue weighted by atomic mass is 16.6. The minimum atomic E-state index is -0.510. The smallest absolute Gasteiger partial charge is 0.313 e. The fourth-order valence-electron chi connectivity index (χ4n) is 3.04. The van der Waals surface area contributed by atoms with E-state index in [1.807, 2.05) is 26.8 Å². The first-order chi connectivity index (χ1) is 15.1. The number of amides is 3. The molecule has 0 atom stereocenters. The highest BCUT2D eigenvalue weighted by Gasteiger charge is 2.27. The molecule has 0 fully saturated rings. The van der Waals surface area contributed by atoms with Gasteiger partial charge in [0.15, 0.2) is 0 Å². The molecule has 2 N–H and O–H groups in total. The van der Waals surface area contributed by atoms with Gasteiger partial charge in [0, 0.05) is 35.3 Å². The summed E-state index contributed by atoms with van der Waals surface area (Å²) in [7, 11) is 0. The SMILES string of the molecule is CC(C)N(CC(=O)Nc1cc(C(C)(C)C)nn1C(C)(C)C)C(=O)Nc1ccc([N+](=O)[O-])cc1. The second kappa shape index (κ2) is 9.60. The number of hydrogen-bond donors (Lipinski definition) is 2. The standard InChI is InChI=1S/C23H34N6O4/c1-15(2)27(21(31)24-16-9-11-17(12-10-16)29(32)33)14-20(30)25-19-13-18(22(3,4)5)26-28(19)23(6,7)8/h9-13,15H,14H2,1-8H3,(H,24,31)(H,25,30). The van der Waals surface area contributed by atoms with Crippen LogP contribution in [0.3, 0.4) is 0 Å². The van der Waals surface area contributed by atoms with Crippen LogP contribution in [0, 0.1) is 10.1 Å². The van der Waals surface area contributed by atoms with Crippen LogP contribution >= 0.6 is 0 Å². The number of nitrogens with one attached hydrogen (secondary N) is 2. The molecular weight excluding hydrogens is 424 g/mol. The van der Waals surface area contributed by atoms with Crippen LogP contribution in [-0.2, 0) is 15.7 Å². The van der Waals surface area contributed by atoms with E-state index in [-0.39, 0.29) is 35.1 Å². The van der Waals surface area contributed by atoms with E-state index in [0.717, 1.165) is 5.69 Å². The van der Waals surface area contributed by atoms with Crippen LogP contribution in [0.5, 0.6) is 0 Å². The molecule has 10 heteroatoms. The number of carbonyl (C=O) groups is 2. The van der Waals surface area contributed by atoms with Crippen LogP contribution in [0.2, 0.25) is 0 Å². The Bertz CT molecular complexity index is 1010. The summed E-state index contributed by atoms with van der Waals surface area (Å²) in [5.74, 6) is 0.213. The third-order valence-electron chi connectivity index (χ3n) is 4.91. The Labute approximate surface area is 194 Å². The molecule has 10 nitrogen and oxygen atoms in total. The van der Waals surface area contributed by atoms with Crippen molar-refractivity contribution in [2.24, 2.45) is 0 Å². The lowest BCUT2D eigenvalue weighted by Gasteiger charge is -2.27. The van der Waals surface area contributed by atoms with Crippen LogP contribution in [0.25, 0.3) is 0 Å². The molecule has 0 saturated carbocycles. The topological polar surface area (TPSA) is 122 Å².